The average Bonchev–Trinajstić information content (AvgIpc) is 2.37. The number of aromatic nitrogens is 2. The summed E-state index contributed by atoms with van der Waals surface area (Å²) >= 11 is 5.99. The molecule has 2 aromatic heterocycles. The molecule has 88 valence electrons. The summed E-state index contributed by atoms with van der Waals surface area (Å²) < 4.78 is 0. The molecule has 2 heterocycles. The van der Waals surface area contributed by atoms with Crippen LogP contribution in [-0.4, -0.2) is 9.97 Å². The van der Waals surface area contributed by atoms with Gasteiger partial charge >= 0.3 is 0 Å². The minimum absolute atomic E-state index is 0.698. The minimum atomic E-state index is 0.698. The summed E-state index contributed by atoms with van der Waals surface area (Å²) in [5.41, 5.74) is 4.13. The van der Waals surface area contributed by atoms with Gasteiger partial charge in [0.15, 0.2) is 0 Å². The largest absolute Gasteiger partial charge is 0.256 e. The molecule has 18 heavy (non-hydrogen) atoms. The number of rotatable bonds is 1. The van der Waals surface area contributed by atoms with Crippen molar-refractivity contribution in [2.45, 2.75) is 6.92 Å². The van der Waals surface area contributed by atoms with Crippen LogP contribution in [0, 0.1) is 6.92 Å². The second kappa shape index (κ2) is 4.39. The lowest BCUT2D eigenvalue weighted by atomic mass is 10.0. The van der Waals surface area contributed by atoms with Crippen LogP contribution < -0.4 is 0 Å². The maximum atomic E-state index is 5.99. The number of hydrogen-bond donors (Lipinski definition) is 0. The van der Waals surface area contributed by atoms with Gasteiger partial charge in [0.1, 0.15) is 0 Å². The molecule has 0 unspecified atom stereocenters. The summed E-state index contributed by atoms with van der Waals surface area (Å²) in [5, 5.41) is 1.77. The second-order valence-electron chi connectivity index (χ2n) is 4.24. The van der Waals surface area contributed by atoms with Crippen molar-refractivity contribution in [2.75, 3.05) is 0 Å². The highest BCUT2D eigenvalue weighted by Crippen LogP contribution is 2.27. The van der Waals surface area contributed by atoms with Crippen molar-refractivity contribution < 1.29 is 0 Å². The van der Waals surface area contributed by atoms with Gasteiger partial charge in [-0.1, -0.05) is 17.7 Å². The molecule has 0 bridgehead atoms. The zero-order chi connectivity index (χ0) is 12.5. The molecule has 3 aromatic rings. The molecule has 3 rings (SSSR count). The minimum Gasteiger partial charge on any atom is -0.256 e. The lowest BCUT2D eigenvalue weighted by molar-refractivity contribution is 1.28. The molecule has 0 spiro atoms. The second-order valence-corrected chi connectivity index (χ2v) is 4.67. The smallest absolute Gasteiger partial charge is 0.0723 e. The lowest BCUT2D eigenvalue weighted by Crippen LogP contribution is -1.88. The predicted octanol–water partition coefficient (Wildman–Crippen LogP) is 4.26. The maximum absolute atomic E-state index is 5.99. The predicted molar refractivity (Wildman–Crippen MR) is 74.7 cm³/mol. The number of halogens is 1. The van der Waals surface area contributed by atoms with Crippen LogP contribution in [0.4, 0.5) is 0 Å². The van der Waals surface area contributed by atoms with Gasteiger partial charge in [0.25, 0.3) is 0 Å². The standard InChI is InChI=1S/C15H11ClN2/c1-10-4-6-17-14(8-10)13-5-7-18-15-9-11(16)2-3-12(13)15/h2-9H,1H3. The van der Waals surface area contributed by atoms with E-state index in [1.54, 1.807) is 6.20 Å². The highest BCUT2D eigenvalue weighted by atomic mass is 35.5. The van der Waals surface area contributed by atoms with Crippen LogP contribution in [-0.2, 0) is 0 Å². The van der Waals surface area contributed by atoms with Gasteiger partial charge in [0.05, 0.1) is 11.2 Å². The fourth-order valence-corrected chi connectivity index (χ4v) is 2.19. The van der Waals surface area contributed by atoms with Crippen LogP contribution in [0.3, 0.4) is 0 Å². The van der Waals surface area contributed by atoms with E-state index in [1.807, 2.05) is 36.5 Å². The molecular formula is C15H11ClN2. The van der Waals surface area contributed by atoms with Gasteiger partial charge in [-0.25, -0.2) is 0 Å². The topological polar surface area (TPSA) is 25.8 Å². The van der Waals surface area contributed by atoms with Crippen molar-refractivity contribution in [3.63, 3.8) is 0 Å². The van der Waals surface area contributed by atoms with Crippen molar-refractivity contribution in [2.24, 2.45) is 0 Å². The number of aryl methyl sites for hydroxylation is 1. The maximum Gasteiger partial charge on any atom is 0.0723 e. The van der Waals surface area contributed by atoms with Gasteiger partial charge < -0.3 is 0 Å². The third kappa shape index (κ3) is 1.95. The van der Waals surface area contributed by atoms with Gasteiger partial charge in [0.2, 0.25) is 0 Å². The molecule has 0 fully saturated rings. The number of nitrogens with zero attached hydrogens (tertiary/aromatic N) is 2. The van der Waals surface area contributed by atoms with E-state index in [9.17, 15) is 0 Å². The molecule has 3 heteroatoms. The van der Waals surface area contributed by atoms with Gasteiger partial charge in [-0.05, 0) is 42.8 Å². The van der Waals surface area contributed by atoms with E-state index in [1.165, 1.54) is 5.56 Å². The van der Waals surface area contributed by atoms with Crippen LogP contribution in [0.2, 0.25) is 5.02 Å². The monoisotopic (exact) mass is 254 g/mol. The first-order valence-electron chi connectivity index (χ1n) is 5.71. The van der Waals surface area contributed by atoms with Crippen LogP contribution in [0.5, 0.6) is 0 Å². The third-order valence-corrected chi connectivity index (χ3v) is 3.13. The molecule has 0 saturated heterocycles. The Bertz CT molecular complexity index is 723. The summed E-state index contributed by atoms with van der Waals surface area (Å²) in [6.07, 6.45) is 3.62. The normalized spacial score (nSPS) is 10.8. The zero-order valence-electron chi connectivity index (χ0n) is 9.89. The van der Waals surface area contributed by atoms with E-state index in [0.29, 0.717) is 5.02 Å². The molecule has 0 radical (unpaired) electrons. The third-order valence-electron chi connectivity index (χ3n) is 2.90. The van der Waals surface area contributed by atoms with E-state index < -0.39 is 0 Å². The summed E-state index contributed by atoms with van der Waals surface area (Å²) in [6, 6.07) is 11.8. The highest BCUT2D eigenvalue weighted by Gasteiger charge is 2.06. The fraction of sp³-hybridized carbons (Fsp3) is 0.0667. The van der Waals surface area contributed by atoms with E-state index in [0.717, 1.165) is 22.2 Å². The van der Waals surface area contributed by atoms with Gasteiger partial charge in [-0.2, -0.15) is 0 Å². The zero-order valence-corrected chi connectivity index (χ0v) is 10.6. The summed E-state index contributed by atoms with van der Waals surface area (Å²) in [5.74, 6) is 0. The molecule has 2 nitrogen and oxygen atoms in total. The van der Waals surface area contributed by atoms with Crippen molar-refractivity contribution in [1.29, 1.82) is 0 Å². The number of hydrogen-bond acceptors (Lipinski definition) is 2. The van der Waals surface area contributed by atoms with E-state index >= 15 is 0 Å². The van der Waals surface area contributed by atoms with Crippen molar-refractivity contribution >= 4 is 22.5 Å². The van der Waals surface area contributed by atoms with Gasteiger partial charge in [-0.15, -0.1) is 0 Å². The van der Waals surface area contributed by atoms with E-state index in [2.05, 4.69) is 23.0 Å². The quantitative estimate of drug-likeness (QED) is 0.648. The number of benzene rings is 1. The first kappa shape index (κ1) is 11.2. The first-order chi connectivity index (χ1) is 8.74. The molecule has 1 aromatic carbocycles. The van der Waals surface area contributed by atoms with Crippen molar-refractivity contribution in [3.8, 4) is 11.3 Å². The average molecular weight is 255 g/mol. The fourth-order valence-electron chi connectivity index (χ4n) is 2.03. The number of fused-ring (bicyclic) bond motifs is 1. The molecule has 0 aliphatic heterocycles. The molecule has 0 aliphatic carbocycles. The van der Waals surface area contributed by atoms with Gasteiger partial charge in [0, 0.05) is 28.4 Å². The molecule has 0 amide bonds. The van der Waals surface area contributed by atoms with Crippen LogP contribution >= 0.6 is 11.6 Å². The Labute approximate surface area is 110 Å². The van der Waals surface area contributed by atoms with E-state index in [-0.39, 0.29) is 0 Å². The Balaban J connectivity index is 2.29. The molecule has 0 saturated carbocycles. The molecular weight excluding hydrogens is 244 g/mol. The van der Waals surface area contributed by atoms with Crippen LogP contribution in [0.1, 0.15) is 5.56 Å². The summed E-state index contributed by atoms with van der Waals surface area (Å²) in [6.45, 7) is 2.06. The van der Waals surface area contributed by atoms with Crippen molar-refractivity contribution in [3.05, 3.63) is 59.4 Å². The highest BCUT2D eigenvalue weighted by molar-refractivity contribution is 6.31. The molecule has 0 N–H and O–H groups in total. The first-order valence-corrected chi connectivity index (χ1v) is 6.09. The SMILES string of the molecule is Cc1ccnc(-c2ccnc3cc(Cl)ccc23)c1. The van der Waals surface area contributed by atoms with Gasteiger partial charge in [-0.3, -0.25) is 9.97 Å². The Morgan fingerprint density at radius 1 is 0.944 bits per heavy atom. The Kier molecular flexibility index (Phi) is 2.73. The van der Waals surface area contributed by atoms with Crippen LogP contribution in [0.15, 0.2) is 48.8 Å². The van der Waals surface area contributed by atoms with E-state index in [4.69, 9.17) is 11.6 Å². The lowest BCUT2D eigenvalue weighted by Gasteiger charge is -2.06. The van der Waals surface area contributed by atoms with Crippen molar-refractivity contribution in [1.82, 2.24) is 9.97 Å². The summed E-state index contributed by atoms with van der Waals surface area (Å²) in [7, 11) is 0. The van der Waals surface area contributed by atoms with Crippen LogP contribution in [0.25, 0.3) is 22.2 Å². The molecule has 0 atom stereocenters. The summed E-state index contributed by atoms with van der Waals surface area (Å²) in [4.78, 5) is 8.76. The Morgan fingerprint density at radius 3 is 2.61 bits per heavy atom. The Hall–Kier alpha value is -1.93. The number of pyridine rings is 2. The molecule has 0 aliphatic rings. The Morgan fingerprint density at radius 2 is 1.78 bits per heavy atom.